The quantitative estimate of drug-likeness (QED) is 0.461. The lowest BCUT2D eigenvalue weighted by Gasteiger charge is -1.98. The molecule has 7 heteroatoms. The highest BCUT2D eigenvalue weighted by atomic mass is 32.2. The van der Waals surface area contributed by atoms with E-state index >= 15 is 0 Å². The van der Waals surface area contributed by atoms with Crippen LogP contribution in [0.15, 0.2) is 42.1 Å². The molecule has 0 bridgehead atoms. The number of H-pyrrole nitrogens is 1. The summed E-state index contributed by atoms with van der Waals surface area (Å²) in [4.78, 5) is 3.37. The monoisotopic (exact) mass is 282 g/mol. The van der Waals surface area contributed by atoms with E-state index in [2.05, 4.69) is 32.0 Å². The molecule has 0 spiro atoms. The summed E-state index contributed by atoms with van der Waals surface area (Å²) in [5.74, 6) is 1.26. The highest BCUT2D eigenvalue weighted by molar-refractivity contribution is 7.99. The molecular formula is C13H10N6S. The topological polar surface area (TPSA) is 71.8 Å². The van der Waals surface area contributed by atoms with Crippen LogP contribution in [0.5, 0.6) is 0 Å². The molecule has 0 fully saturated rings. The van der Waals surface area contributed by atoms with Crippen LogP contribution in [-0.4, -0.2) is 35.5 Å². The molecular weight excluding hydrogens is 272 g/mol. The van der Waals surface area contributed by atoms with Gasteiger partial charge in [-0.1, -0.05) is 36.0 Å². The van der Waals surface area contributed by atoms with E-state index in [1.54, 1.807) is 11.8 Å². The number of para-hydroxylation sites is 1. The fourth-order valence-electron chi connectivity index (χ4n) is 2.22. The van der Waals surface area contributed by atoms with E-state index in [1.807, 2.05) is 34.7 Å². The summed E-state index contributed by atoms with van der Waals surface area (Å²) in [6, 6.07) is 8.02. The molecule has 4 rings (SSSR count). The molecule has 0 aliphatic carbocycles. The molecule has 0 unspecified atom stereocenters. The predicted octanol–water partition coefficient (Wildman–Crippen LogP) is 2.43. The second-order valence-corrected chi connectivity index (χ2v) is 5.27. The minimum atomic E-state index is 0.496. The second kappa shape index (κ2) is 4.31. The molecule has 3 aromatic heterocycles. The van der Waals surface area contributed by atoms with Gasteiger partial charge in [0, 0.05) is 16.7 Å². The Morgan fingerprint density at radius 3 is 2.95 bits per heavy atom. The van der Waals surface area contributed by atoms with Crippen molar-refractivity contribution in [2.24, 2.45) is 0 Å². The van der Waals surface area contributed by atoms with Crippen LogP contribution < -0.4 is 0 Å². The van der Waals surface area contributed by atoms with Crippen molar-refractivity contribution in [1.29, 1.82) is 0 Å². The standard InChI is InChI=1S/C13H10N6S/c1-2-7-20-13-18-17-12-16-15-10-8-5-3-4-6-9(8)14-11(10)19(12)13/h2-6,14H,1,7H2. The number of aromatic amines is 1. The maximum absolute atomic E-state index is 4.26. The van der Waals surface area contributed by atoms with Gasteiger partial charge >= 0.3 is 0 Å². The summed E-state index contributed by atoms with van der Waals surface area (Å²) in [5, 5.41) is 18.4. The highest BCUT2D eigenvalue weighted by Crippen LogP contribution is 2.25. The van der Waals surface area contributed by atoms with Crippen LogP contribution >= 0.6 is 11.8 Å². The van der Waals surface area contributed by atoms with Crippen LogP contribution in [-0.2, 0) is 0 Å². The summed E-state index contributed by atoms with van der Waals surface area (Å²) in [5.41, 5.74) is 2.72. The van der Waals surface area contributed by atoms with E-state index in [0.29, 0.717) is 5.78 Å². The number of fused-ring (bicyclic) bond motifs is 5. The largest absolute Gasteiger partial charge is 0.339 e. The number of benzene rings is 1. The van der Waals surface area contributed by atoms with Crippen molar-refractivity contribution in [2.45, 2.75) is 5.16 Å². The first-order valence-corrected chi connectivity index (χ1v) is 7.09. The van der Waals surface area contributed by atoms with Gasteiger partial charge in [0.1, 0.15) is 11.2 Å². The molecule has 4 aromatic rings. The van der Waals surface area contributed by atoms with Gasteiger partial charge in [-0.25, -0.2) is 4.40 Å². The number of hydrogen-bond donors (Lipinski definition) is 1. The minimum absolute atomic E-state index is 0.496. The maximum Gasteiger partial charge on any atom is 0.276 e. The molecule has 0 saturated heterocycles. The van der Waals surface area contributed by atoms with Gasteiger partial charge in [0.15, 0.2) is 5.16 Å². The normalized spacial score (nSPS) is 11.6. The lowest BCUT2D eigenvalue weighted by atomic mass is 10.2. The molecule has 0 saturated carbocycles. The fraction of sp³-hybridized carbons (Fsp3) is 0.0769. The summed E-state index contributed by atoms with van der Waals surface area (Å²) in [6.07, 6.45) is 1.84. The lowest BCUT2D eigenvalue weighted by Crippen LogP contribution is -1.95. The van der Waals surface area contributed by atoms with E-state index in [4.69, 9.17) is 0 Å². The van der Waals surface area contributed by atoms with Gasteiger partial charge in [-0.15, -0.1) is 27.0 Å². The van der Waals surface area contributed by atoms with Gasteiger partial charge in [0.25, 0.3) is 5.78 Å². The molecule has 0 amide bonds. The zero-order valence-corrected chi connectivity index (χ0v) is 11.3. The van der Waals surface area contributed by atoms with Gasteiger partial charge < -0.3 is 4.98 Å². The first-order valence-electron chi connectivity index (χ1n) is 6.10. The Bertz CT molecular complexity index is 938. The molecule has 98 valence electrons. The van der Waals surface area contributed by atoms with Crippen molar-refractivity contribution in [3.8, 4) is 0 Å². The van der Waals surface area contributed by atoms with E-state index in [1.165, 1.54) is 0 Å². The molecule has 0 radical (unpaired) electrons. The number of thioether (sulfide) groups is 1. The van der Waals surface area contributed by atoms with Crippen LogP contribution in [0.2, 0.25) is 0 Å². The van der Waals surface area contributed by atoms with Crippen molar-refractivity contribution >= 4 is 39.6 Å². The summed E-state index contributed by atoms with van der Waals surface area (Å²) in [7, 11) is 0. The molecule has 1 aromatic carbocycles. The first-order chi connectivity index (χ1) is 9.88. The van der Waals surface area contributed by atoms with Crippen LogP contribution in [0, 0.1) is 0 Å². The Kier molecular flexibility index (Phi) is 2.46. The van der Waals surface area contributed by atoms with E-state index in [9.17, 15) is 0 Å². The average molecular weight is 282 g/mol. The van der Waals surface area contributed by atoms with Gasteiger partial charge in [0.05, 0.1) is 0 Å². The number of aromatic nitrogens is 6. The minimum Gasteiger partial charge on any atom is -0.339 e. The molecule has 0 aliphatic rings. The Labute approximate surface area is 117 Å². The molecule has 3 heterocycles. The highest BCUT2D eigenvalue weighted by Gasteiger charge is 2.14. The zero-order chi connectivity index (χ0) is 13.5. The predicted molar refractivity (Wildman–Crippen MR) is 78.9 cm³/mol. The Morgan fingerprint density at radius 1 is 1.20 bits per heavy atom. The maximum atomic E-state index is 4.26. The Balaban J connectivity index is 2.10. The molecule has 0 atom stereocenters. The lowest BCUT2D eigenvalue weighted by molar-refractivity contribution is 0.929. The number of nitrogens with one attached hydrogen (secondary N) is 1. The third kappa shape index (κ3) is 1.53. The average Bonchev–Trinajstić information content (AvgIpc) is 3.05. The van der Waals surface area contributed by atoms with Gasteiger partial charge in [-0.05, 0) is 6.07 Å². The number of hydrogen-bond acceptors (Lipinski definition) is 5. The second-order valence-electron chi connectivity index (χ2n) is 4.29. The van der Waals surface area contributed by atoms with Crippen molar-refractivity contribution in [1.82, 2.24) is 29.8 Å². The summed E-state index contributed by atoms with van der Waals surface area (Å²) >= 11 is 1.56. The van der Waals surface area contributed by atoms with Crippen LogP contribution in [0.3, 0.4) is 0 Å². The van der Waals surface area contributed by atoms with Crippen molar-refractivity contribution in [3.05, 3.63) is 36.9 Å². The summed E-state index contributed by atoms with van der Waals surface area (Å²) in [6.45, 7) is 3.72. The Morgan fingerprint density at radius 2 is 2.05 bits per heavy atom. The van der Waals surface area contributed by atoms with Gasteiger partial charge in [-0.2, -0.15) is 0 Å². The van der Waals surface area contributed by atoms with E-state index < -0.39 is 0 Å². The van der Waals surface area contributed by atoms with Gasteiger partial charge in [-0.3, -0.25) is 0 Å². The number of nitrogens with zero attached hydrogens (tertiary/aromatic N) is 5. The van der Waals surface area contributed by atoms with Crippen LogP contribution in [0.1, 0.15) is 0 Å². The Hall–Kier alpha value is -2.41. The van der Waals surface area contributed by atoms with Crippen LogP contribution in [0.25, 0.3) is 27.8 Å². The van der Waals surface area contributed by atoms with E-state index in [0.717, 1.165) is 33.0 Å². The SMILES string of the molecule is C=CCSc1nnc2nnc3c4ccccc4[nH]c3n12. The molecule has 20 heavy (non-hydrogen) atoms. The first kappa shape index (κ1) is 11.4. The van der Waals surface area contributed by atoms with Crippen molar-refractivity contribution in [3.63, 3.8) is 0 Å². The molecule has 1 N–H and O–H groups in total. The van der Waals surface area contributed by atoms with E-state index in [-0.39, 0.29) is 0 Å². The zero-order valence-electron chi connectivity index (χ0n) is 10.4. The van der Waals surface area contributed by atoms with Gasteiger partial charge in [0.2, 0.25) is 0 Å². The molecule has 0 aliphatic heterocycles. The summed E-state index contributed by atoms with van der Waals surface area (Å²) < 4.78 is 1.90. The smallest absolute Gasteiger partial charge is 0.276 e. The fourth-order valence-corrected chi connectivity index (χ4v) is 2.89. The third-order valence-corrected chi connectivity index (χ3v) is 3.99. The third-order valence-electron chi connectivity index (χ3n) is 3.07. The number of rotatable bonds is 3. The van der Waals surface area contributed by atoms with Crippen LogP contribution in [0.4, 0.5) is 0 Å². The van der Waals surface area contributed by atoms with Crippen molar-refractivity contribution in [2.75, 3.05) is 5.75 Å². The van der Waals surface area contributed by atoms with Crippen molar-refractivity contribution < 1.29 is 0 Å². The molecule has 6 nitrogen and oxygen atoms in total.